The second-order valence-corrected chi connectivity index (χ2v) is 4.69. The monoisotopic (exact) mass is 257 g/mol. The minimum atomic E-state index is -1.11. The molecule has 1 saturated heterocycles. The van der Waals surface area contributed by atoms with Gasteiger partial charge in [-0.1, -0.05) is 13.8 Å². The Morgan fingerprint density at radius 3 is 2.17 bits per heavy atom. The number of nitrogens with one attached hydrogen (secondary N) is 2. The maximum atomic E-state index is 11.7. The number of amides is 3. The number of urea groups is 1. The fraction of sp³-hybridized carbons (Fsp3) is 0.727. The summed E-state index contributed by atoms with van der Waals surface area (Å²) in [5.74, 6) is -0.712. The molecule has 2 atom stereocenters. The first-order valence-corrected chi connectivity index (χ1v) is 5.91. The molecule has 0 radical (unpaired) electrons. The predicted molar refractivity (Wildman–Crippen MR) is 63.9 cm³/mol. The summed E-state index contributed by atoms with van der Waals surface area (Å²) in [5, 5.41) is 13.0. The number of carboxylic acids is 1. The van der Waals surface area contributed by atoms with Crippen molar-refractivity contribution in [2.45, 2.75) is 13.8 Å². The first-order chi connectivity index (χ1) is 8.40. The minimum Gasteiger partial charge on any atom is -0.480 e. The van der Waals surface area contributed by atoms with E-state index in [0.717, 1.165) is 0 Å². The molecule has 3 N–H and O–H groups in total. The van der Waals surface area contributed by atoms with Crippen molar-refractivity contribution in [1.82, 2.24) is 15.5 Å². The van der Waals surface area contributed by atoms with Crippen molar-refractivity contribution in [2.75, 3.05) is 26.2 Å². The summed E-state index contributed by atoms with van der Waals surface area (Å²) in [4.78, 5) is 34.8. The van der Waals surface area contributed by atoms with Gasteiger partial charge in [-0.2, -0.15) is 0 Å². The van der Waals surface area contributed by atoms with Crippen molar-refractivity contribution in [3.8, 4) is 0 Å². The van der Waals surface area contributed by atoms with Gasteiger partial charge in [-0.3, -0.25) is 9.59 Å². The molecule has 0 saturated carbocycles. The van der Waals surface area contributed by atoms with Gasteiger partial charge in [0.05, 0.1) is 6.54 Å². The SMILES string of the molecule is CC1CN(C(=O)NCC(=O)NCC(=O)O)CC1C. The fourth-order valence-electron chi connectivity index (χ4n) is 1.80. The lowest BCUT2D eigenvalue weighted by Crippen LogP contribution is -2.44. The zero-order valence-electron chi connectivity index (χ0n) is 10.6. The van der Waals surface area contributed by atoms with Crippen molar-refractivity contribution >= 4 is 17.9 Å². The fourth-order valence-corrected chi connectivity index (χ4v) is 1.80. The van der Waals surface area contributed by atoms with Crippen LogP contribution in [0.5, 0.6) is 0 Å². The normalized spacial score (nSPS) is 22.7. The zero-order valence-corrected chi connectivity index (χ0v) is 10.6. The third-order valence-electron chi connectivity index (χ3n) is 3.11. The Kier molecular flexibility index (Phi) is 4.94. The van der Waals surface area contributed by atoms with Crippen LogP contribution < -0.4 is 10.6 Å². The molecule has 3 amide bonds. The van der Waals surface area contributed by atoms with E-state index in [1.807, 2.05) is 0 Å². The summed E-state index contributed by atoms with van der Waals surface area (Å²) in [5.41, 5.74) is 0. The summed E-state index contributed by atoms with van der Waals surface area (Å²) in [7, 11) is 0. The molecule has 0 bridgehead atoms. The number of aliphatic carboxylic acids is 1. The second-order valence-electron chi connectivity index (χ2n) is 4.69. The number of carbonyl (C=O) groups excluding carboxylic acids is 2. The third kappa shape index (κ3) is 4.23. The van der Waals surface area contributed by atoms with Crippen molar-refractivity contribution in [3.05, 3.63) is 0 Å². The summed E-state index contributed by atoms with van der Waals surface area (Å²) >= 11 is 0. The predicted octanol–water partition coefficient (Wildman–Crippen LogP) is -0.515. The van der Waals surface area contributed by atoms with Gasteiger partial charge in [0.2, 0.25) is 5.91 Å². The smallest absolute Gasteiger partial charge is 0.322 e. The van der Waals surface area contributed by atoms with Crippen LogP contribution in [0, 0.1) is 11.8 Å². The number of hydrogen-bond donors (Lipinski definition) is 3. The molecule has 7 nitrogen and oxygen atoms in total. The maximum Gasteiger partial charge on any atom is 0.322 e. The molecule has 0 aliphatic carbocycles. The summed E-state index contributed by atoms with van der Waals surface area (Å²) in [6, 6.07) is -0.281. The molecule has 1 heterocycles. The van der Waals surface area contributed by atoms with Crippen LogP contribution in [0.15, 0.2) is 0 Å². The number of carboxylic acid groups (broad SMARTS) is 1. The first kappa shape index (κ1) is 14.3. The Morgan fingerprint density at radius 2 is 1.67 bits per heavy atom. The van der Waals surface area contributed by atoms with Crippen LogP contribution in [0.25, 0.3) is 0 Å². The number of rotatable bonds is 4. The lowest BCUT2D eigenvalue weighted by atomic mass is 10.0. The zero-order chi connectivity index (χ0) is 13.7. The number of likely N-dealkylation sites (tertiary alicyclic amines) is 1. The van der Waals surface area contributed by atoms with Crippen LogP contribution in [-0.2, 0) is 9.59 Å². The van der Waals surface area contributed by atoms with Crippen molar-refractivity contribution in [1.29, 1.82) is 0 Å². The second kappa shape index (κ2) is 6.23. The first-order valence-electron chi connectivity index (χ1n) is 5.91. The highest BCUT2D eigenvalue weighted by molar-refractivity contribution is 5.86. The van der Waals surface area contributed by atoms with Gasteiger partial charge in [-0.15, -0.1) is 0 Å². The Hall–Kier alpha value is -1.79. The molecule has 0 aromatic rings. The van der Waals surface area contributed by atoms with Crippen LogP contribution in [0.1, 0.15) is 13.8 Å². The quantitative estimate of drug-likeness (QED) is 0.631. The van der Waals surface area contributed by atoms with Gasteiger partial charge in [-0.25, -0.2) is 4.79 Å². The van der Waals surface area contributed by atoms with Crippen molar-refractivity contribution in [2.24, 2.45) is 11.8 Å². The van der Waals surface area contributed by atoms with E-state index >= 15 is 0 Å². The molecule has 18 heavy (non-hydrogen) atoms. The lowest BCUT2D eigenvalue weighted by Gasteiger charge is -2.16. The Balaban J connectivity index is 2.25. The molecule has 1 aliphatic rings. The molecule has 0 aromatic carbocycles. The van der Waals surface area contributed by atoms with E-state index in [4.69, 9.17) is 5.11 Å². The Bertz CT molecular complexity index is 335. The van der Waals surface area contributed by atoms with Crippen molar-refractivity contribution in [3.63, 3.8) is 0 Å². The van der Waals surface area contributed by atoms with Gasteiger partial charge in [0.15, 0.2) is 0 Å². The van der Waals surface area contributed by atoms with Gasteiger partial charge in [0.25, 0.3) is 0 Å². The highest BCUT2D eigenvalue weighted by Gasteiger charge is 2.29. The topological polar surface area (TPSA) is 98.7 Å². The molecule has 1 fully saturated rings. The van der Waals surface area contributed by atoms with E-state index in [1.165, 1.54) is 0 Å². The Labute approximate surface area is 106 Å². The van der Waals surface area contributed by atoms with Gasteiger partial charge >= 0.3 is 12.0 Å². The third-order valence-corrected chi connectivity index (χ3v) is 3.11. The van der Waals surface area contributed by atoms with E-state index in [-0.39, 0.29) is 12.6 Å². The largest absolute Gasteiger partial charge is 0.480 e. The number of hydrogen-bond acceptors (Lipinski definition) is 3. The van der Waals surface area contributed by atoms with Gasteiger partial charge in [0.1, 0.15) is 6.54 Å². The maximum absolute atomic E-state index is 11.7. The highest BCUT2D eigenvalue weighted by Crippen LogP contribution is 2.21. The van der Waals surface area contributed by atoms with Crippen LogP contribution in [-0.4, -0.2) is 54.1 Å². The number of nitrogens with zero attached hydrogens (tertiary/aromatic N) is 1. The number of carbonyl (C=O) groups is 3. The molecular formula is C11H19N3O4. The van der Waals surface area contributed by atoms with Gasteiger partial charge in [0, 0.05) is 13.1 Å². The van der Waals surface area contributed by atoms with Crippen LogP contribution >= 0.6 is 0 Å². The standard InChI is InChI=1S/C11H19N3O4/c1-7-5-14(6-8(7)2)11(18)13-3-9(15)12-4-10(16)17/h7-8H,3-6H2,1-2H3,(H,12,15)(H,13,18)(H,16,17). The highest BCUT2D eigenvalue weighted by atomic mass is 16.4. The minimum absolute atomic E-state index is 0.203. The Morgan fingerprint density at radius 1 is 1.11 bits per heavy atom. The summed E-state index contributed by atoms with van der Waals surface area (Å²) in [6.07, 6.45) is 0. The van der Waals surface area contributed by atoms with Gasteiger partial charge in [-0.05, 0) is 11.8 Å². The molecular weight excluding hydrogens is 238 g/mol. The molecule has 0 spiro atoms. The molecule has 1 aliphatic heterocycles. The van der Waals surface area contributed by atoms with Crippen LogP contribution in [0.3, 0.4) is 0 Å². The van der Waals surface area contributed by atoms with Crippen LogP contribution in [0.4, 0.5) is 4.79 Å². The summed E-state index contributed by atoms with van der Waals surface area (Å²) in [6.45, 7) is 4.89. The van der Waals surface area contributed by atoms with Gasteiger partial charge < -0.3 is 20.6 Å². The molecule has 0 aromatic heterocycles. The average molecular weight is 257 g/mol. The van der Waals surface area contributed by atoms with E-state index in [9.17, 15) is 14.4 Å². The van der Waals surface area contributed by atoms with E-state index in [0.29, 0.717) is 24.9 Å². The van der Waals surface area contributed by atoms with Crippen molar-refractivity contribution < 1.29 is 19.5 Å². The molecule has 1 rings (SSSR count). The van der Waals surface area contributed by atoms with E-state index in [2.05, 4.69) is 24.5 Å². The van der Waals surface area contributed by atoms with E-state index in [1.54, 1.807) is 4.90 Å². The summed E-state index contributed by atoms with van der Waals surface area (Å²) < 4.78 is 0. The van der Waals surface area contributed by atoms with Crippen LogP contribution in [0.2, 0.25) is 0 Å². The lowest BCUT2D eigenvalue weighted by molar-refractivity contribution is -0.137. The molecule has 2 unspecified atom stereocenters. The molecule has 7 heteroatoms. The average Bonchev–Trinajstić information content (AvgIpc) is 2.64. The molecule has 102 valence electrons. The van der Waals surface area contributed by atoms with E-state index < -0.39 is 18.4 Å².